The number of nitrogens with zero attached hydrogens (tertiary/aromatic N) is 8. The molecule has 0 bridgehead atoms. The molecule has 0 spiro atoms. The molecule has 96 heavy (non-hydrogen) atoms. The lowest BCUT2D eigenvalue weighted by Gasteiger charge is -2.45. The summed E-state index contributed by atoms with van der Waals surface area (Å²) in [5.74, 6) is 2.20. The Morgan fingerprint density at radius 1 is 0.292 bits per heavy atom. The van der Waals surface area contributed by atoms with Crippen molar-refractivity contribution in [3.63, 3.8) is 0 Å². The lowest BCUT2D eigenvalue weighted by atomic mass is 9.33. The zero-order chi connectivity index (χ0) is 64.8. The van der Waals surface area contributed by atoms with Crippen LogP contribution in [0.4, 0.5) is 34.1 Å². The molecule has 2 aliphatic rings. The van der Waals surface area contributed by atoms with E-state index in [9.17, 15) is 0 Å². The quantitative estimate of drug-likeness (QED) is 0.126. The topological polar surface area (TPSA) is 75.9 Å². The number of benzene rings is 12. The predicted octanol–water partition coefficient (Wildman–Crippen LogP) is 20.1. The molecule has 17 rings (SSSR count). The van der Waals surface area contributed by atoms with E-state index in [1.807, 2.05) is 30.3 Å². The van der Waals surface area contributed by atoms with Gasteiger partial charge in [0.2, 0.25) is 0 Å². The van der Waals surface area contributed by atoms with Crippen molar-refractivity contribution in [1.29, 1.82) is 0 Å². The van der Waals surface area contributed by atoms with Gasteiger partial charge >= 0.3 is 0 Å². The van der Waals surface area contributed by atoms with Gasteiger partial charge in [-0.25, -0.2) is 24.9 Å². The van der Waals surface area contributed by atoms with Crippen molar-refractivity contribution in [2.45, 2.75) is 52.4 Å². The van der Waals surface area contributed by atoms with Gasteiger partial charge in [-0.2, -0.15) is 0 Å². The van der Waals surface area contributed by atoms with Crippen molar-refractivity contribution in [2.75, 3.05) is 9.80 Å². The van der Waals surface area contributed by atoms with Crippen LogP contribution >= 0.6 is 0 Å². The molecule has 458 valence electrons. The first-order chi connectivity index (χ1) is 46.9. The van der Waals surface area contributed by atoms with Crippen molar-refractivity contribution in [3.8, 4) is 84.9 Å². The third-order valence-corrected chi connectivity index (χ3v) is 19.2. The number of anilines is 6. The first-order valence-electron chi connectivity index (χ1n) is 33.1. The van der Waals surface area contributed by atoms with Gasteiger partial charge in [-0.15, -0.1) is 0 Å². The molecule has 2 aliphatic heterocycles. The van der Waals surface area contributed by atoms with E-state index in [4.69, 9.17) is 24.9 Å². The van der Waals surface area contributed by atoms with Gasteiger partial charge < -0.3 is 14.4 Å². The summed E-state index contributed by atoms with van der Waals surface area (Å²) < 4.78 is 2.41. The molecule has 0 fully saturated rings. The maximum absolute atomic E-state index is 5.65. The first kappa shape index (κ1) is 58.0. The Kier molecular flexibility index (Phi) is 13.9. The minimum Gasteiger partial charge on any atom is -0.311 e. The van der Waals surface area contributed by atoms with Crippen molar-refractivity contribution in [2.24, 2.45) is 0 Å². The molecule has 0 radical (unpaired) electrons. The highest BCUT2D eigenvalue weighted by Gasteiger charge is 2.44. The molecular formula is C87H67BN8. The third-order valence-electron chi connectivity index (χ3n) is 19.2. The maximum Gasteiger partial charge on any atom is 0.252 e. The lowest BCUT2D eigenvalue weighted by molar-refractivity contribution is 0.590. The smallest absolute Gasteiger partial charge is 0.252 e. The standard InChI is InChI=1S/C87H67BN8/c1-86(2,3)62-45-49-74-67(53-62)68-54-63(87(4,5)6)46-50-75(68)96(74)76-48-44-61(84-89-72(57-26-12-7-13-27-57)55-73(90-84)58-28-14-8-15-29-58)52-69(76)85-92-82(59-30-16-9-17-31-59)91-83(93-85)60-42-40-56(41-43-60)66-47-51-79-80-81(66)95(65-34-20-11-21-35-65)78-39-25-23-37-71(78)88(80)70-36-22-24-38-77(70)94(79)64-32-18-10-19-33-64/h7-55H,1-6H3. The van der Waals surface area contributed by atoms with Crippen LogP contribution in [0.5, 0.6) is 0 Å². The van der Waals surface area contributed by atoms with Crippen LogP contribution in [0.25, 0.3) is 107 Å². The fourth-order valence-electron chi connectivity index (χ4n) is 14.3. The summed E-state index contributed by atoms with van der Waals surface area (Å²) in [7, 11) is 0. The second-order valence-corrected chi connectivity index (χ2v) is 27.3. The van der Waals surface area contributed by atoms with E-state index < -0.39 is 0 Å². The highest BCUT2D eigenvalue weighted by molar-refractivity contribution is 7.00. The molecule has 0 unspecified atom stereocenters. The van der Waals surface area contributed by atoms with Crippen LogP contribution in [0.3, 0.4) is 0 Å². The van der Waals surface area contributed by atoms with Crippen LogP contribution in [-0.2, 0) is 10.8 Å². The van der Waals surface area contributed by atoms with E-state index in [1.165, 1.54) is 44.0 Å². The minimum absolute atomic E-state index is 0.0280. The zero-order valence-electron chi connectivity index (χ0n) is 54.4. The fraction of sp³-hybridized carbons (Fsp3) is 0.0920. The molecule has 0 saturated heterocycles. The van der Waals surface area contributed by atoms with Gasteiger partial charge in [0.25, 0.3) is 6.71 Å². The van der Waals surface area contributed by atoms with Crippen molar-refractivity contribution in [1.82, 2.24) is 29.5 Å². The Labute approximate surface area is 560 Å². The van der Waals surface area contributed by atoms with Gasteiger partial charge in [-0.1, -0.05) is 248 Å². The van der Waals surface area contributed by atoms with Gasteiger partial charge in [0.15, 0.2) is 23.3 Å². The normalized spacial score (nSPS) is 12.6. The van der Waals surface area contributed by atoms with Crippen LogP contribution in [0.2, 0.25) is 0 Å². The largest absolute Gasteiger partial charge is 0.311 e. The van der Waals surface area contributed by atoms with Gasteiger partial charge in [-0.3, -0.25) is 0 Å². The summed E-state index contributed by atoms with van der Waals surface area (Å²) in [6.45, 7) is 13.7. The van der Waals surface area contributed by atoms with E-state index >= 15 is 0 Å². The molecule has 0 amide bonds. The Hall–Kier alpha value is -11.8. The van der Waals surface area contributed by atoms with Crippen LogP contribution in [0, 0.1) is 0 Å². The van der Waals surface area contributed by atoms with Gasteiger partial charge in [-0.05, 0) is 135 Å². The van der Waals surface area contributed by atoms with Crippen LogP contribution < -0.4 is 26.2 Å². The van der Waals surface area contributed by atoms with Crippen LogP contribution in [-0.4, -0.2) is 36.2 Å². The molecule has 0 saturated carbocycles. The summed E-state index contributed by atoms with van der Waals surface area (Å²) >= 11 is 0. The van der Waals surface area contributed by atoms with E-state index in [0.29, 0.717) is 23.3 Å². The highest BCUT2D eigenvalue weighted by Crippen LogP contribution is 2.49. The Morgan fingerprint density at radius 2 is 0.708 bits per heavy atom. The Morgan fingerprint density at radius 3 is 1.24 bits per heavy atom. The average Bonchev–Trinajstić information content (AvgIpc) is 1.80. The summed E-state index contributed by atoms with van der Waals surface area (Å²) in [6.07, 6.45) is 0. The molecule has 8 nitrogen and oxygen atoms in total. The molecule has 0 N–H and O–H groups in total. The van der Waals surface area contributed by atoms with Gasteiger partial charge in [0, 0.05) is 78.2 Å². The summed E-state index contributed by atoms with van der Waals surface area (Å²) in [5.41, 5.74) is 25.3. The van der Waals surface area contributed by atoms with Crippen LogP contribution in [0.1, 0.15) is 52.7 Å². The predicted molar refractivity (Wildman–Crippen MR) is 399 cm³/mol. The van der Waals surface area contributed by atoms with E-state index in [1.54, 1.807) is 0 Å². The summed E-state index contributed by atoms with van der Waals surface area (Å²) in [5, 5.41) is 2.37. The van der Waals surface area contributed by atoms with Gasteiger partial charge in [0.05, 0.1) is 33.8 Å². The molecule has 15 aromatic rings. The number of fused-ring (bicyclic) bond motifs is 7. The van der Waals surface area contributed by atoms with E-state index in [0.717, 1.165) is 101 Å². The third kappa shape index (κ3) is 10.1. The van der Waals surface area contributed by atoms with Crippen LogP contribution in [0.15, 0.2) is 297 Å². The highest BCUT2D eigenvalue weighted by atomic mass is 15.2. The first-order valence-corrected chi connectivity index (χ1v) is 33.1. The second-order valence-electron chi connectivity index (χ2n) is 27.3. The SMILES string of the molecule is CC(C)(C)c1ccc2c(c1)c1cc(C(C)(C)C)ccc1n2-c1ccc(-c2nc(-c3ccccc3)cc(-c3ccccc3)n2)cc1-c1nc(-c2ccccc2)nc(-c2ccc(-c3ccc4c5c3N(c3ccccc3)c3ccccc3B5c3ccccc3N4c3ccccc3)cc2)n1. The Balaban J connectivity index is 0.884. The average molecular weight is 1240 g/mol. The van der Waals surface area contributed by atoms with Gasteiger partial charge in [0.1, 0.15) is 0 Å². The van der Waals surface area contributed by atoms with E-state index in [2.05, 4.69) is 323 Å². The van der Waals surface area contributed by atoms with Crippen molar-refractivity contribution in [3.05, 3.63) is 308 Å². The van der Waals surface area contributed by atoms with Crippen molar-refractivity contribution >= 4 is 79.0 Å². The fourth-order valence-corrected chi connectivity index (χ4v) is 14.3. The molecule has 9 heteroatoms. The Bertz CT molecular complexity index is 5350. The molecular weight excluding hydrogens is 1170 g/mol. The lowest BCUT2D eigenvalue weighted by Crippen LogP contribution is -2.61. The number of aromatic nitrogens is 6. The molecule has 3 aromatic heterocycles. The molecule has 5 heterocycles. The molecule has 0 aliphatic carbocycles. The zero-order valence-corrected chi connectivity index (χ0v) is 54.4. The monoisotopic (exact) mass is 1230 g/mol. The molecule has 12 aromatic carbocycles. The number of rotatable bonds is 10. The number of para-hydroxylation sites is 4. The second kappa shape index (κ2) is 23.0. The summed E-state index contributed by atoms with van der Waals surface area (Å²) in [6, 6.07) is 107. The minimum atomic E-state index is -0.0799. The maximum atomic E-state index is 5.65. The van der Waals surface area contributed by atoms with Crippen molar-refractivity contribution < 1.29 is 0 Å². The molecule has 0 atom stereocenters. The van der Waals surface area contributed by atoms with E-state index in [-0.39, 0.29) is 17.5 Å². The summed E-state index contributed by atoms with van der Waals surface area (Å²) in [4.78, 5) is 32.3. The number of hydrogen-bond acceptors (Lipinski definition) is 7. The number of hydrogen-bond donors (Lipinski definition) is 0.